The fourth-order valence-corrected chi connectivity index (χ4v) is 3.49. The molecule has 25 heavy (non-hydrogen) atoms. The van der Waals surface area contributed by atoms with Gasteiger partial charge in [0.1, 0.15) is 5.82 Å². The summed E-state index contributed by atoms with van der Waals surface area (Å²) < 4.78 is 0. The maximum Gasteiger partial charge on any atom is 0.222 e. The van der Waals surface area contributed by atoms with E-state index in [2.05, 4.69) is 51.4 Å². The molecule has 3 N–H and O–H groups in total. The number of unbranched alkanes of at least 4 members (excludes halogenated alkanes) is 1. The van der Waals surface area contributed by atoms with Crippen molar-refractivity contribution in [1.82, 2.24) is 14.9 Å². The van der Waals surface area contributed by atoms with Gasteiger partial charge in [0, 0.05) is 30.9 Å². The largest absolute Gasteiger partial charge is 0.370 e. The van der Waals surface area contributed by atoms with Crippen molar-refractivity contribution in [2.24, 2.45) is 0 Å². The fraction of sp³-hybridized carbons (Fsp3) is 0.500. The van der Waals surface area contributed by atoms with Crippen LogP contribution in [0.5, 0.6) is 0 Å². The number of benzene rings is 1. The van der Waals surface area contributed by atoms with Crippen molar-refractivity contribution in [2.75, 3.05) is 24.1 Å². The Hall–Kier alpha value is -2.14. The highest BCUT2D eigenvalue weighted by molar-refractivity contribution is 5.49. The molecule has 0 fully saturated rings. The molecule has 1 aliphatic heterocycles. The van der Waals surface area contributed by atoms with Crippen molar-refractivity contribution in [3.05, 3.63) is 46.6 Å². The van der Waals surface area contributed by atoms with E-state index < -0.39 is 0 Å². The van der Waals surface area contributed by atoms with Crippen LogP contribution in [0.15, 0.2) is 24.3 Å². The van der Waals surface area contributed by atoms with Crippen LogP contribution in [0.4, 0.5) is 11.8 Å². The molecule has 0 bridgehead atoms. The standard InChI is InChI=1S/C20H29N5/c1-3-4-11-22-19-18(15(2)23-20(21)24-19)10-7-12-25-13-16-8-5-6-9-17(16)14-25/h5-6,8-9H,3-4,7,10-14H2,1-2H3,(H3,21,22,23,24). The Morgan fingerprint density at radius 2 is 1.84 bits per heavy atom. The summed E-state index contributed by atoms with van der Waals surface area (Å²) in [7, 11) is 0. The normalized spacial score (nSPS) is 13.8. The smallest absolute Gasteiger partial charge is 0.222 e. The van der Waals surface area contributed by atoms with Gasteiger partial charge >= 0.3 is 0 Å². The summed E-state index contributed by atoms with van der Waals surface area (Å²) in [5.74, 6) is 1.28. The van der Waals surface area contributed by atoms with Crippen molar-refractivity contribution in [2.45, 2.75) is 52.6 Å². The van der Waals surface area contributed by atoms with Gasteiger partial charge in [-0.15, -0.1) is 0 Å². The third-order valence-corrected chi connectivity index (χ3v) is 4.86. The van der Waals surface area contributed by atoms with Gasteiger partial charge in [0.05, 0.1) is 0 Å². The summed E-state index contributed by atoms with van der Waals surface area (Å²) in [4.78, 5) is 11.3. The van der Waals surface area contributed by atoms with Gasteiger partial charge in [0.25, 0.3) is 0 Å². The molecule has 134 valence electrons. The van der Waals surface area contributed by atoms with Gasteiger partial charge < -0.3 is 11.1 Å². The Morgan fingerprint density at radius 3 is 2.52 bits per heavy atom. The lowest BCUT2D eigenvalue weighted by Gasteiger charge is -2.17. The number of anilines is 2. The summed E-state index contributed by atoms with van der Waals surface area (Å²) >= 11 is 0. The summed E-state index contributed by atoms with van der Waals surface area (Å²) in [6.45, 7) is 8.37. The molecule has 1 aromatic carbocycles. The number of aryl methyl sites for hydroxylation is 1. The van der Waals surface area contributed by atoms with Crippen LogP contribution in [0, 0.1) is 6.92 Å². The highest BCUT2D eigenvalue weighted by Gasteiger charge is 2.18. The van der Waals surface area contributed by atoms with Crippen LogP contribution in [0.25, 0.3) is 0 Å². The van der Waals surface area contributed by atoms with Gasteiger partial charge in [0.2, 0.25) is 5.95 Å². The van der Waals surface area contributed by atoms with Gasteiger partial charge in [0.15, 0.2) is 0 Å². The second-order valence-corrected chi connectivity index (χ2v) is 6.86. The molecule has 2 aromatic rings. The molecule has 2 heterocycles. The number of nitrogen functional groups attached to an aromatic ring is 1. The van der Waals surface area contributed by atoms with E-state index in [0.717, 1.165) is 63.4 Å². The van der Waals surface area contributed by atoms with E-state index in [4.69, 9.17) is 5.73 Å². The van der Waals surface area contributed by atoms with Crippen LogP contribution in [0.2, 0.25) is 0 Å². The van der Waals surface area contributed by atoms with Gasteiger partial charge in [-0.25, -0.2) is 4.98 Å². The molecule has 0 unspecified atom stereocenters. The van der Waals surface area contributed by atoms with Gasteiger partial charge in [-0.05, 0) is 43.9 Å². The number of nitrogens with zero attached hydrogens (tertiary/aromatic N) is 3. The van der Waals surface area contributed by atoms with Crippen LogP contribution in [-0.2, 0) is 19.5 Å². The number of hydrogen-bond acceptors (Lipinski definition) is 5. The number of hydrogen-bond donors (Lipinski definition) is 2. The molecule has 0 saturated carbocycles. The van der Waals surface area contributed by atoms with Gasteiger partial charge in [-0.1, -0.05) is 37.6 Å². The quantitative estimate of drug-likeness (QED) is 0.720. The lowest BCUT2D eigenvalue weighted by atomic mass is 10.1. The minimum Gasteiger partial charge on any atom is -0.370 e. The molecule has 1 aromatic heterocycles. The molecule has 5 heteroatoms. The summed E-state index contributed by atoms with van der Waals surface area (Å²) in [6.07, 6.45) is 4.38. The number of fused-ring (bicyclic) bond motifs is 1. The van der Waals surface area contributed by atoms with E-state index in [9.17, 15) is 0 Å². The van der Waals surface area contributed by atoms with E-state index in [1.165, 1.54) is 16.7 Å². The Morgan fingerprint density at radius 1 is 1.12 bits per heavy atom. The first-order valence-electron chi connectivity index (χ1n) is 9.33. The predicted octanol–water partition coefficient (Wildman–Crippen LogP) is 3.53. The van der Waals surface area contributed by atoms with E-state index in [1.807, 2.05) is 6.92 Å². The summed E-state index contributed by atoms with van der Waals surface area (Å²) in [5.41, 5.74) is 11.0. The van der Waals surface area contributed by atoms with Crippen LogP contribution in [0.3, 0.4) is 0 Å². The average molecular weight is 339 g/mol. The van der Waals surface area contributed by atoms with Gasteiger partial charge in [-0.3, -0.25) is 4.90 Å². The minimum absolute atomic E-state index is 0.357. The lowest BCUT2D eigenvalue weighted by Crippen LogP contribution is -2.19. The average Bonchev–Trinajstić information content (AvgIpc) is 3.00. The first kappa shape index (κ1) is 17.7. The Balaban J connectivity index is 1.57. The second-order valence-electron chi connectivity index (χ2n) is 6.86. The van der Waals surface area contributed by atoms with Crippen LogP contribution >= 0.6 is 0 Å². The Kier molecular flexibility index (Phi) is 5.87. The molecule has 3 rings (SSSR count). The first-order valence-corrected chi connectivity index (χ1v) is 9.33. The molecule has 5 nitrogen and oxygen atoms in total. The van der Waals surface area contributed by atoms with Crippen LogP contribution in [-0.4, -0.2) is 28.0 Å². The summed E-state index contributed by atoms with van der Waals surface area (Å²) in [5, 5.41) is 3.44. The molecular weight excluding hydrogens is 310 g/mol. The van der Waals surface area contributed by atoms with Crippen LogP contribution < -0.4 is 11.1 Å². The summed E-state index contributed by atoms with van der Waals surface area (Å²) in [6, 6.07) is 8.74. The zero-order valence-corrected chi connectivity index (χ0v) is 15.4. The molecular formula is C20H29N5. The van der Waals surface area contributed by atoms with Crippen LogP contribution in [0.1, 0.15) is 48.6 Å². The van der Waals surface area contributed by atoms with E-state index in [1.54, 1.807) is 0 Å². The topological polar surface area (TPSA) is 67.1 Å². The third-order valence-electron chi connectivity index (χ3n) is 4.86. The molecule has 0 atom stereocenters. The van der Waals surface area contributed by atoms with Crippen molar-refractivity contribution >= 4 is 11.8 Å². The second kappa shape index (κ2) is 8.30. The first-order chi connectivity index (χ1) is 12.2. The number of aromatic nitrogens is 2. The number of rotatable bonds is 8. The maximum atomic E-state index is 5.84. The maximum absolute atomic E-state index is 5.84. The molecule has 0 spiro atoms. The van der Waals surface area contributed by atoms with E-state index >= 15 is 0 Å². The van der Waals surface area contributed by atoms with Crippen molar-refractivity contribution in [3.8, 4) is 0 Å². The van der Waals surface area contributed by atoms with Crippen molar-refractivity contribution in [3.63, 3.8) is 0 Å². The molecule has 1 aliphatic rings. The zero-order chi connectivity index (χ0) is 17.6. The SMILES string of the molecule is CCCCNc1nc(N)nc(C)c1CCCN1Cc2ccccc2C1. The molecule has 0 amide bonds. The van der Waals surface area contributed by atoms with E-state index in [0.29, 0.717) is 5.95 Å². The lowest BCUT2D eigenvalue weighted by molar-refractivity contribution is 0.280. The number of nitrogens with two attached hydrogens (primary N) is 1. The Bertz CT molecular complexity index is 688. The highest BCUT2D eigenvalue weighted by Crippen LogP contribution is 2.24. The third kappa shape index (κ3) is 4.48. The molecule has 0 saturated heterocycles. The molecule has 0 radical (unpaired) electrons. The van der Waals surface area contributed by atoms with E-state index in [-0.39, 0.29) is 0 Å². The molecule has 0 aliphatic carbocycles. The van der Waals surface area contributed by atoms with Crippen molar-refractivity contribution in [1.29, 1.82) is 0 Å². The van der Waals surface area contributed by atoms with Gasteiger partial charge in [-0.2, -0.15) is 4.98 Å². The monoisotopic (exact) mass is 339 g/mol. The van der Waals surface area contributed by atoms with Crippen molar-refractivity contribution < 1.29 is 0 Å². The fourth-order valence-electron chi connectivity index (χ4n) is 3.49. The minimum atomic E-state index is 0.357. The highest BCUT2D eigenvalue weighted by atomic mass is 15.1. The predicted molar refractivity (Wildman–Crippen MR) is 103 cm³/mol. The number of nitrogens with one attached hydrogen (secondary N) is 1. The zero-order valence-electron chi connectivity index (χ0n) is 15.4. The Labute approximate surface area is 150 Å².